The van der Waals surface area contributed by atoms with Crippen LogP contribution in [0.2, 0.25) is 0 Å². The molecular weight excluding hydrogens is 503 g/mol. The summed E-state index contributed by atoms with van der Waals surface area (Å²) >= 11 is 0. The second-order valence-corrected chi connectivity index (χ2v) is 8.83. The summed E-state index contributed by atoms with van der Waals surface area (Å²) in [5.74, 6) is -0.769. The summed E-state index contributed by atoms with van der Waals surface area (Å²) in [6.45, 7) is 3.00. The van der Waals surface area contributed by atoms with Crippen LogP contribution >= 0.6 is 0 Å². The van der Waals surface area contributed by atoms with Crippen LogP contribution in [-0.2, 0) is 12.4 Å². The Morgan fingerprint density at radius 1 is 0.973 bits per heavy atom. The molecule has 0 atom stereocenters. The van der Waals surface area contributed by atoms with Crippen molar-refractivity contribution in [3.8, 4) is 11.3 Å². The zero-order valence-corrected chi connectivity index (χ0v) is 19.6. The molecular formula is C26H22F7N3O. The van der Waals surface area contributed by atoms with E-state index in [1.165, 1.54) is 19.1 Å². The molecule has 2 heterocycles. The Balaban J connectivity index is 1.52. The van der Waals surface area contributed by atoms with Crippen LogP contribution in [0, 0.1) is 12.7 Å². The highest BCUT2D eigenvalue weighted by atomic mass is 19.4. The molecule has 4 nitrogen and oxygen atoms in total. The molecule has 4 rings (SSSR count). The van der Waals surface area contributed by atoms with Crippen LogP contribution in [0.1, 0.15) is 45.6 Å². The lowest BCUT2D eigenvalue weighted by Crippen LogP contribution is -2.30. The van der Waals surface area contributed by atoms with Crippen LogP contribution in [0.25, 0.3) is 16.8 Å². The fourth-order valence-corrected chi connectivity index (χ4v) is 4.30. The first kappa shape index (κ1) is 26.6. The number of Topliss-reactive ketones (excluding diaryl/α,β-unsaturated/α-hetero) is 1. The fraction of sp³-hybridized carbons (Fsp3) is 0.308. The molecule has 0 spiro atoms. The van der Waals surface area contributed by atoms with Crippen molar-refractivity contribution in [1.82, 2.24) is 15.1 Å². The van der Waals surface area contributed by atoms with E-state index in [1.54, 1.807) is 12.1 Å². The van der Waals surface area contributed by atoms with E-state index in [4.69, 9.17) is 0 Å². The Labute approximate surface area is 207 Å². The van der Waals surface area contributed by atoms with Crippen molar-refractivity contribution in [3.05, 3.63) is 82.3 Å². The van der Waals surface area contributed by atoms with Gasteiger partial charge in [-0.15, -0.1) is 0 Å². The molecule has 1 aromatic heterocycles. The quantitative estimate of drug-likeness (QED) is 0.281. The number of alkyl halides is 6. The first-order valence-corrected chi connectivity index (χ1v) is 11.4. The van der Waals surface area contributed by atoms with Gasteiger partial charge in [0.1, 0.15) is 11.5 Å². The van der Waals surface area contributed by atoms with Crippen molar-refractivity contribution >= 4 is 11.4 Å². The second-order valence-electron chi connectivity index (χ2n) is 8.83. The van der Waals surface area contributed by atoms with Crippen LogP contribution in [0.3, 0.4) is 0 Å². The molecule has 0 fully saturated rings. The molecule has 11 heteroatoms. The van der Waals surface area contributed by atoms with Crippen molar-refractivity contribution in [1.29, 1.82) is 0 Å². The van der Waals surface area contributed by atoms with Crippen molar-refractivity contribution in [2.24, 2.45) is 0 Å². The number of carbonyl (C=O) groups is 1. The minimum absolute atomic E-state index is 0.00180. The molecule has 37 heavy (non-hydrogen) atoms. The van der Waals surface area contributed by atoms with Crippen molar-refractivity contribution in [2.45, 2.75) is 32.1 Å². The average molecular weight is 525 g/mol. The first-order chi connectivity index (χ1) is 17.3. The topological polar surface area (TPSA) is 49.0 Å². The number of hydrogen-bond acceptors (Lipinski definition) is 3. The SMILES string of the molecule is Cc1[nH]nc(-c2cc(C(F)(F)F)cc(C(F)(F)F)c2)c1C(=O)CCN1CC=C(c2ccc(F)cc2)CC1. The van der Waals surface area contributed by atoms with Crippen molar-refractivity contribution < 1.29 is 35.5 Å². The maximum Gasteiger partial charge on any atom is 0.416 e. The number of nitrogens with one attached hydrogen (secondary N) is 1. The predicted octanol–water partition coefficient (Wildman–Crippen LogP) is 6.92. The van der Waals surface area contributed by atoms with Gasteiger partial charge in [0.05, 0.1) is 16.7 Å². The summed E-state index contributed by atoms with van der Waals surface area (Å²) in [7, 11) is 0. The first-order valence-electron chi connectivity index (χ1n) is 11.4. The molecule has 1 aliphatic rings. The zero-order valence-electron chi connectivity index (χ0n) is 19.6. The van der Waals surface area contributed by atoms with E-state index >= 15 is 0 Å². The Bertz CT molecular complexity index is 1290. The molecule has 0 aliphatic carbocycles. The van der Waals surface area contributed by atoms with E-state index in [0.717, 1.165) is 11.1 Å². The van der Waals surface area contributed by atoms with Crippen molar-refractivity contribution in [2.75, 3.05) is 19.6 Å². The summed E-state index contributed by atoms with van der Waals surface area (Å²) in [6, 6.07) is 7.32. The van der Waals surface area contributed by atoms with Gasteiger partial charge in [-0.3, -0.25) is 14.8 Å². The maximum atomic E-state index is 13.3. The Kier molecular flexibility index (Phi) is 7.27. The van der Waals surface area contributed by atoms with E-state index in [-0.39, 0.29) is 35.3 Å². The van der Waals surface area contributed by atoms with E-state index in [1.807, 2.05) is 11.0 Å². The van der Waals surface area contributed by atoms with Gasteiger partial charge in [0.25, 0.3) is 0 Å². The van der Waals surface area contributed by atoms with Gasteiger partial charge in [0.15, 0.2) is 5.78 Å². The number of aryl methyl sites for hydroxylation is 1. The van der Waals surface area contributed by atoms with Gasteiger partial charge < -0.3 is 0 Å². The number of aromatic amines is 1. The second kappa shape index (κ2) is 10.1. The molecule has 0 bridgehead atoms. The van der Waals surface area contributed by atoms with Gasteiger partial charge in [-0.1, -0.05) is 18.2 Å². The van der Waals surface area contributed by atoms with Gasteiger partial charge in [0.2, 0.25) is 0 Å². The van der Waals surface area contributed by atoms with E-state index in [2.05, 4.69) is 10.2 Å². The largest absolute Gasteiger partial charge is 0.416 e. The van der Waals surface area contributed by atoms with E-state index < -0.39 is 34.8 Å². The molecule has 196 valence electrons. The molecule has 2 aromatic carbocycles. The smallest absolute Gasteiger partial charge is 0.299 e. The van der Waals surface area contributed by atoms with Gasteiger partial charge in [-0.2, -0.15) is 31.4 Å². The Morgan fingerprint density at radius 3 is 2.14 bits per heavy atom. The van der Waals surface area contributed by atoms with Crippen LogP contribution in [0.4, 0.5) is 30.7 Å². The lowest BCUT2D eigenvalue weighted by atomic mass is 9.96. The normalized spacial score (nSPS) is 15.1. The van der Waals surface area contributed by atoms with Crippen LogP contribution in [0.15, 0.2) is 48.5 Å². The number of hydrogen-bond donors (Lipinski definition) is 1. The molecule has 3 aromatic rings. The lowest BCUT2D eigenvalue weighted by Gasteiger charge is -2.26. The number of aromatic nitrogens is 2. The Hall–Kier alpha value is -3.47. The van der Waals surface area contributed by atoms with Crippen LogP contribution in [-0.4, -0.2) is 40.5 Å². The molecule has 0 amide bonds. The minimum Gasteiger partial charge on any atom is -0.299 e. The summed E-state index contributed by atoms with van der Waals surface area (Å²) in [4.78, 5) is 15.1. The minimum atomic E-state index is -5.01. The average Bonchev–Trinajstić information content (AvgIpc) is 3.23. The molecule has 1 aliphatic heterocycles. The third-order valence-corrected chi connectivity index (χ3v) is 6.25. The van der Waals surface area contributed by atoms with Gasteiger partial charge in [-0.25, -0.2) is 4.39 Å². The molecule has 0 unspecified atom stereocenters. The highest BCUT2D eigenvalue weighted by Gasteiger charge is 2.37. The number of carbonyl (C=O) groups excluding carboxylic acids is 1. The Morgan fingerprint density at radius 2 is 1.59 bits per heavy atom. The number of ketones is 1. The molecule has 0 radical (unpaired) electrons. The monoisotopic (exact) mass is 525 g/mol. The zero-order chi connectivity index (χ0) is 27.0. The predicted molar refractivity (Wildman–Crippen MR) is 123 cm³/mol. The van der Waals surface area contributed by atoms with Gasteiger partial charge in [0, 0.05) is 37.3 Å². The van der Waals surface area contributed by atoms with E-state index in [9.17, 15) is 35.5 Å². The molecule has 0 saturated heterocycles. The third kappa shape index (κ3) is 6.10. The summed E-state index contributed by atoms with van der Waals surface area (Å²) in [6.07, 6.45) is -7.37. The highest BCUT2D eigenvalue weighted by Crippen LogP contribution is 2.39. The lowest BCUT2D eigenvalue weighted by molar-refractivity contribution is -0.143. The summed E-state index contributed by atoms with van der Waals surface area (Å²) < 4.78 is 93.0. The van der Waals surface area contributed by atoms with Crippen LogP contribution in [0.5, 0.6) is 0 Å². The maximum absolute atomic E-state index is 13.3. The summed E-state index contributed by atoms with van der Waals surface area (Å²) in [5, 5.41) is 6.38. The number of benzene rings is 2. The third-order valence-electron chi connectivity index (χ3n) is 6.25. The molecule has 1 N–H and O–H groups in total. The molecule has 0 saturated carbocycles. The number of rotatable bonds is 6. The van der Waals surface area contributed by atoms with Gasteiger partial charge >= 0.3 is 12.4 Å². The number of H-pyrrole nitrogens is 1. The highest BCUT2D eigenvalue weighted by molar-refractivity contribution is 6.02. The van der Waals surface area contributed by atoms with Crippen molar-refractivity contribution in [3.63, 3.8) is 0 Å². The standard InChI is InChI=1S/C26H22F7N3O/c1-15-23(22(37)8-11-36-9-6-17(7-10-36)16-2-4-21(27)5-3-16)24(35-34-15)18-12-19(25(28,29)30)14-20(13-18)26(31,32)33/h2-6,12-14H,7-11H2,1H3,(H,34,35). The van der Waals surface area contributed by atoms with Crippen LogP contribution < -0.4 is 0 Å². The van der Waals surface area contributed by atoms with Gasteiger partial charge in [-0.05, 0) is 54.8 Å². The number of nitrogens with zero attached hydrogens (tertiary/aromatic N) is 2. The fourth-order valence-electron chi connectivity index (χ4n) is 4.30. The summed E-state index contributed by atoms with van der Waals surface area (Å²) in [5.41, 5.74) is -1.47. The van der Waals surface area contributed by atoms with E-state index in [0.29, 0.717) is 38.2 Å². The number of halogens is 7.